The molecule has 0 amide bonds. The van der Waals surface area contributed by atoms with Crippen LogP contribution in [0.4, 0.5) is 5.69 Å². The first kappa shape index (κ1) is 21.6. The minimum absolute atomic E-state index is 0.0115. The average molecular weight is 460 g/mol. The average Bonchev–Trinajstić information content (AvgIpc) is 3.01. The topological polar surface area (TPSA) is 105 Å². The first-order chi connectivity index (χ1) is 14.8. The molecule has 1 heterocycles. The highest BCUT2D eigenvalue weighted by atomic mass is 32.2. The van der Waals surface area contributed by atoms with Crippen molar-refractivity contribution in [2.75, 3.05) is 11.3 Å². The standard InChI is InChI=1S/C22H25N3O4S2/c26-30(27,21-13-12-17-7-3-4-8-18(17)15-21)24-19-9-6-10-20(16-19)31(28,29)25-22-11-2-1-5-14-23-22/h3-4,6-10,15-16,24H,1-2,5,11-14H2,(H,23,25). The zero-order chi connectivity index (χ0) is 21.9. The Balaban J connectivity index is 1.54. The van der Waals surface area contributed by atoms with Gasteiger partial charge in [-0.2, -0.15) is 0 Å². The van der Waals surface area contributed by atoms with E-state index in [0.717, 1.165) is 30.4 Å². The van der Waals surface area contributed by atoms with Gasteiger partial charge >= 0.3 is 0 Å². The Morgan fingerprint density at radius 1 is 0.774 bits per heavy atom. The monoisotopic (exact) mass is 459 g/mol. The second-order valence-electron chi connectivity index (χ2n) is 7.69. The first-order valence-electron chi connectivity index (χ1n) is 10.3. The van der Waals surface area contributed by atoms with Gasteiger partial charge in [-0.05, 0) is 61.1 Å². The molecule has 0 radical (unpaired) electrons. The van der Waals surface area contributed by atoms with Crippen molar-refractivity contribution in [1.82, 2.24) is 4.72 Å². The van der Waals surface area contributed by atoms with Crippen LogP contribution in [0.25, 0.3) is 6.08 Å². The van der Waals surface area contributed by atoms with Crippen LogP contribution in [0.15, 0.2) is 63.3 Å². The van der Waals surface area contributed by atoms with Crippen LogP contribution < -0.4 is 9.44 Å². The van der Waals surface area contributed by atoms with E-state index in [4.69, 9.17) is 0 Å². The lowest BCUT2D eigenvalue weighted by molar-refractivity contribution is 0.591. The van der Waals surface area contributed by atoms with Crippen LogP contribution in [0.1, 0.15) is 43.2 Å². The molecule has 0 fully saturated rings. The molecule has 7 nitrogen and oxygen atoms in total. The lowest BCUT2D eigenvalue weighted by Gasteiger charge is -2.18. The normalized spacial score (nSPS) is 17.0. The van der Waals surface area contributed by atoms with Crippen LogP contribution in [0, 0.1) is 0 Å². The Hall–Kier alpha value is -2.65. The van der Waals surface area contributed by atoms with Crippen LogP contribution in [-0.2, 0) is 26.5 Å². The summed E-state index contributed by atoms with van der Waals surface area (Å²) in [5.41, 5.74) is 2.20. The number of sulfonamides is 2. The van der Waals surface area contributed by atoms with Gasteiger partial charge in [0.05, 0.1) is 15.5 Å². The fourth-order valence-corrected chi connectivity index (χ4v) is 6.09. The van der Waals surface area contributed by atoms with Gasteiger partial charge in [-0.15, -0.1) is 0 Å². The lowest BCUT2D eigenvalue weighted by Crippen LogP contribution is -2.30. The Morgan fingerprint density at radius 2 is 1.61 bits per heavy atom. The summed E-state index contributed by atoms with van der Waals surface area (Å²) in [7, 11) is -7.65. The van der Waals surface area contributed by atoms with Gasteiger partial charge in [0, 0.05) is 13.0 Å². The fourth-order valence-electron chi connectivity index (χ4n) is 3.74. The van der Waals surface area contributed by atoms with E-state index in [1.54, 1.807) is 6.08 Å². The number of aryl methyl sites for hydroxylation is 1. The molecule has 0 atom stereocenters. The molecule has 0 unspecified atom stereocenters. The smallest absolute Gasteiger partial charge is 0.262 e. The van der Waals surface area contributed by atoms with Gasteiger partial charge in [0.25, 0.3) is 20.0 Å². The largest absolute Gasteiger partial charge is 0.280 e. The molecule has 0 saturated heterocycles. The Bertz CT molecular complexity index is 1250. The highest BCUT2D eigenvalue weighted by molar-refractivity contribution is 7.96. The molecule has 2 aromatic carbocycles. The summed E-state index contributed by atoms with van der Waals surface area (Å²) in [6, 6.07) is 13.5. The number of hydrogen-bond donors (Lipinski definition) is 2. The van der Waals surface area contributed by atoms with E-state index in [-0.39, 0.29) is 15.5 Å². The molecule has 4 rings (SSSR count). The van der Waals surface area contributed by atoms with Crippen LogP contribution >= 0.6 is 0 Å². The quantitative estimate of drug-likeness (QED) is 0.712. The van der Waals surface area contributed by atoms with E-state index in [1.165, 1.54) is 24.3 Å². The van der Waals surface area contributed by atoms with Gasteiger partial charge < -0.3 is 0 Å². The molecule has 1 aliphatic carbocycles. The highest BCUT2D eigenvalue weighted by Crippen LogP contribution is 2.28. The number of nitrogens with one attached hydrogen (secondary N) is 2. The molecule has 0 spiro atoms. The van der Waals surface area contributed by atoms with Crippen molar-refractivity contribution in [3.8, 4) is 0 Å². The summed E-state index contributed by atoms with van der Waals surface area (Å²) in [6.45, 7) is 0.607. The molecular weight excluding hydrogens is 434 g/mol. The van der Waals surface area contributed by atoms with Gasteiger partial charge in [0.15, 0.2) is 0 Å². The molecule has 31 heavy (non-hydrogen) atoms. The first-order valence-corrected chi connectivity index (χ1v) is 13.3. The summed E-state index contributed by atoms with van der Waals surface area (Å²) in [6.07, 6.45) is 6.15. The summed E-state index contributed by atoms with van der Waals surface area (Å²) >= 11 is 0. The predicted octanol–water partition coefficient (Wildman–Crippen LogP) is 3.67. The Kier molecular flexibility index (Phi) is 6.15. The maximum atomic E-state index is 12.9. The molecule has 0 saturated carbocycles. The summed E-state index contributed by atoms with van der Waals surface area (Å²) in [5.74, 6) is 0.453. The molecule has 164 valence electrons. The molecular formula is C22H25N3O4S2. The third-order valence-corrected chi connectivity index (χ3v) is 8.28. The van der Waals surface area contributed by atoms with Gasteiger partial charge in [0.2, 0.25) is 0 Å². The van der Waals surface area contributed by atoms with Crippen LogP contribution in [-0.4, -0.2) is 29.2 Å². The fraction of sp³-hybridized carbons (Fsp3) is 0.318. The van der Waals surface area contributed by atoms with E-state index in [1.807, 2.05) is 24.3 Å². The number of nitrogens with zero attached hydrogens (tertiary/aromatic N) is 1. The number of hydrogen-bond acceptors (Lipinski definition) is 5. The van der Waals surface area contributed by atoms with E-state index in [0.29, 0.717) is 31.6 Å². The number of benzene rings is 2. The van der Waals surface area contributed by atoms with Crippen molar-refractivity contribution < 1.29 is 16.8 Å². The lowest BCUT2D eigenvalue weighted by atomic mass is 9.98. The van der Waals surface area contributed by atoms with E-state index in [2.05, 4.69) is 14.4 Å². The van der Waals surface area contributed by atoms with Gasteiger partial charge in [-0.1, -0.05) is 36.8 Å². The van der Waals surface area contributed by atoms with Crippen molar-refractivity contribution >= 4 is 37.6 Å². The maximum absolute atomic E-state index is 12.9. The van der Waals surface area contributed by atoms with Crippen molar-refractivity contribution in [1.29, 1.82) is 0 Å². The molecule has 9 heteroatoms. The number of aliphatic imine (C=N–C) groups is 1. The number of anilines is 1. The maximum Gasteiger partial charge on any atom is 0.262 e. The molecule has 2 aliphatic rings. The van der Waals surface area contributed by atoms with Crippen molar-refractivity contribution in [2.45, 2.75) is 43.4 Å². The van der Waals surface area contributed by atoms with Crippen molar-refractivity contribution in [2.24, 2.45) is 4.99 Å². The summed E-state index contributed by atoms with van der Waals surface area (Å²) in [4.78, 5) is 4.57. The Labute approximate surface area is 183 Å². The van der Waals surface area contributed by atoms with E-state index >= 15 is 0 Å². The predicted molar refractivity (Wildman–Crippen MR) is 123 cm³/mol. The zero-order valence-electron chi connectivity index (χ0n) is 17.0. The third kappa shape index (κ3) is 5.16. The molecule has 0 aromatic heterocycles. The number of amidine groups is 1. The highest BCUT2D eigenvalue weighted by Gasteiger charge is 2.23. The molecule has 0 bridgehead atoms. The molecule has 2 N–H and O–H groups in total. The van der Waals surface area contributed by atoms with Crippen molar-refractivity contribution in [3.63, 3.8) is 0 Å². The second-order valence-corrected chi connectivity index (χ2v) is 11.1. The zero-order valence-corrected chi connectivity index (χ0v) is 18.7. The van der Waals surface area contributed by atoms with Gasteiger partial charge in [0.1, 0.15) is 5.84 Å². The van der Waals surface area contributed by atoms with Gasteiger partial charge in [-0.25, -0.2) is 16.8 Å². The number of allylic oxidation sites excluding steroid dienone is 1. The van der Waals surface area contributed by atoms with Gasteiger partial charge in [-0.3, -0.25) is 14.4 Å². The minimum Gasteiger partial charge on any atom is -0.280 e. The third-order valence-electron chi connectivity index (χ3n) is 5.38. The van der Waals surface area contributed by atoms with Crippen LogP contribution in [0.3, 0.4) is 0 Å². The second kappa shape index (κ2) is 8.84. The van der Waals surface area contributed by atoms with Crippen LogP contribution in [0.2, 0.25) is 0 Å². The minimum atomic E-state index is -3.85. The van der Waals surface area contributed by atoms with E-state index < -0.39 is 20.0 Å². The van der Waals surface area contributed by atoms with Crippen LogP contribution in [0.5, 0.6) is 0 Å². The molecule has 2 aromatic rings. The Morgan fingerprint density at radius 3 is 2.48 bits per heavy atom. The molecule has 1 aliphatic heterocycles. The van der Waals surface area contributed by atoms with E-state index in [9.17, 15) is 16.8 Å². The summed E-state index contributed by atoms with van der Waals surface area (Å²) in [5, 5.41) is 0. The number of rotatable bonds is 5. The van der Waals surface area contributed by atoms with Crippen molar-refractivity contribution in [3.05, 3.63) is 64.6 Å². The summed E-state index contributed by atoms with van der Waals surface area (Å²) < 4.78 is 56.5. The SMILES string of the molecule is O=S(=O)(Nc1cccc(S(=O)(=O)NC2=NCCCCC2)c1)C1=Cc2ccccc2CC1. The number of fused-ring (bicyclic) bond motifs is 1.